The second-order valence-corrected chi connectivity index (χ2v) is 1.52. The van der Waals surface area contributed by atoms with Crippen LogP contribution in [0.3, 0.4) is 0 Å². The molecular formula is C4H8BN. The summed E-state index contributed by atoms with van der Waals surface area (Å²) >= 11 is 0. The van der Waals surface area contributed by atoms with Crippen LogP contribution in [0.15, 0.2) is 0 Å². The van der Waals surface area contributed by atoms with Crippen LogP contribution in [0.1, 0.15) is 6.92 Å². The summed E-state index contributed by atoms with van der Waals surface area (Å²) in [7, 11) is 2.11. The zero-order valence-corrected chi connectivity index (χ0v) is 4.02. The zero-order valence-electron chi connectivity index (χ0n) is 4.02. The van der Waals surface area contributed by atoms with E-state index in [9.17, 15) is 0 Å². The molecule has 1 heterocycles. The van der Waals surface area contributed by atoms with E-state index in [1.54, 1.807) is 0 Å². The Bertz CT molecular complexity index is 65.9. The number of nitrogens with zero attached hydrogens (tertiary/aromatic N) is 1. The SMILES string of the molecule is CC=BN1CC1. The van der Waals surface area contributed by atoms with Gasteiger partial charge < -0.3 is 0 Å². The molecule has 0 radical (unpaired) electrons. The Labute approximate surface area is 38.9 Å². The van der Waals surface area contributed by atoms with Crippen molar-refractivity contribution in [3.8, 4) is 0 Å². The average Bonchev–Trinajstić information content (AvgIpc) is 2.21. The van der Waals surface area contributed by atoms with Crippen molar-refractivity contribution in [2.75, 3.05) is 13.1 Å². The Kier molecular flexibility index (Phi) is 0.949. The Morgan fingerprint density at radius 1 is 1.67 bits per heavy atom. The van der Waals surface area contributed by atoms with Crippen molar-refractivity contribution in [3.05, 3.63) is 0 Å². The van der Waals surface area contributed by atoms with E-state index in [1.165, 1.54) is 13.1 Å². The molecule has 0 unspecified atom stereocenters. The minimum atomic E-state index is 1.27. The monoisotopic (exact) mass is 81.1 g/mol. The van der Waals surface area contributed by atoms with Gasteiger partial charge in [0.25, 0.3) is 0 Å². The fraction of sp³-hybridized carbons (Fsp3) is 0.750. The summed E-state index contributed by atoms with van der Waals surface area (Å²) in [6.45, 7) is 4.58. The first kappa shape index (κ1) is 3.91. The second kappa shape index (κ2) is 1.46. The van der Waals surface area contributed by atoms with Crippen molar-refractivity contribution in [2.24, 2.45) is 0 Å². The molecule has 0 N–H and O–H groups in total. The molecule has 2 heteroatoms. The van der Waals surface area contributed by atoms with Gasteiger partial charge in [-0.25, -0.2) is 0 Å². The summed E-state index contributed by atoms with van der Waals surface area (Å²) in [6.07, 6.45) is 0. The van der Waals surface area contributed by atoms with Crippen molar-refractivity contribution < 1.29 is 0 Å². The predicted molar refractivity (Wildman–Crippen MR) is 29.1 cm³/mol. The van der Waals surface area contributed by atoms with Crippen molar-refractivity contribution in [1.82, 2.24) is 4.81 Å². The van der Waals surface area contributed by atoms with Gasteiger partial charge in [0.05, 0.1) is 0 Å². The number of rotatable bonds is 1. The fourth-order valence-electron chi connectivity index (χ4n) is 0.418. The summed E-state index contributed by atoms with van der Waals surface area (Å²) in [4.78, 5) is 2.25. The van der Waals surface area contributed by atoms with Gasteiger partial charge in [-0.15, -0.1) is 0 Å². The standard InChI is InChI=1S/C4H8BN/c1-2-5-6-3-4-6/h2H,3-4H2,1H3. The van der Waals surface area contributed by atoms with E-state index < -0.39 is 0 Å². The molecule has 1 fully saturated rings. The third-order valence-corrected chi connectivity index (χ3v) is 0.842. The van der Waals surface area contributed by atoms with Gasteiger partial charge in [-0.05, 0) is 0 Å². The summed E-state index contributed by atoms with van der Waals surface area (Å²) < 4.78 is 0. The molecule has 0 aromatic heterocycles. The van der Waals surface area contributed by atoms with Crippen molar-refractivity contribution in [3.63, 3.8) is 0 Å². The van der Waals surface area contributed by atoms with E-state index in [2.05, 4.69) is 17.8 Å². The van der Waals surface area contributed by atoms with Crippen LogP contribution in [0.25, 0.3) is 0 Å². The molecular weight excluding hydrogens is 72.9 g/mol. The minimum absolute atomic E-state index is 1.27. The maximum atomic E-state index is 2.25. The van der Waals surface area contributed by atoms with Crippen molar-refractivity contribution >= 4 is 13.0 Å². The van der Waals surface area contributed by atoms with Crippen LogP contribution in [-0.2, 0) is 0 Å². The van der Waals surface area contributed by atoms with Crippen LogP contribution in [0.2, 0.25) is 0 Å². The molecule has 1 aliphatic rings. The fourth-order valence-corrected chi connectivity index (χ4v) is 0.418. The van der Waals surface area contributed by atoms with Crippen LogP contribution in [0, 0.1) is 0 Å². The molecule has 32 valence electrons. The molecule has 1 rings (SSSR count). The summed E-state index contributed by atoms with van der Waals surface area (Å²) in [5.41, 5.74) is 0. The molecule has 0 spiro atoms. The van der Waals surface area contributed by atoms with Gasteiger partial charge in [-0.2, -0.15) is 0 Å². The number of hydrogen-bond acceptors (Lipinski definition) is 1. The van der Waals surface area contributed by atoms with Gasteiger partial charge in [0, 0.05) is 0 Å². The van der Waals surface area contributed by atoms with Crippen molar-refractivity contribution in [1.29, 1.82) is 0 Å². The quantitative estimate of drug-likeness (QED) is 0.310. The normalized spacial score (nSPS) is 18.5. The van der Waals surface area contributed by atoms with E-state index in [-0.39, 0.29) is 0 Å². The maximum absolute atomic E-state index is 2.25. The Morgan fingerprint density at radius 3 is 2.50 bits per heavy atom. The molecule has 6 heavy (non-hydrogen) atoms. The molecule has 1 saturated heterocycles. The predicted octanol–water partition coefficient (Wildman–Crippen LogP) is -0.257. The molecule has 0 atom stereocenters. The molecule has 0 aromatic carbocycles. The molecule has 1 aliphatic heterocycles. The van der Waals surface area contributed by atoms with Crippen LogP contribution in [-0.4, -0.2) is 30.9 Å². The molecule has 0 bridgehead atoms. The average molecular weight is 80.9 g/mol. The molecule has 1 nitrogen and oxygen atoms in total. The van der Waals surface area contributed by atoms with E-state index >= 15 is 0 Å². The van der Waals surface area contributed by atoms with Crippen LogP contribution < -0.4 is 0 Å². The third kappa shape index (κ3) is 0.849. The first-order valence-electron chi connectivity index (χ1n) is 2.30. The Balaban J connectivity index is 2.15. The molecule has 0 aromatic rings. The zero-order chi connectivity index (χ0) is 4.41. The van der Waals surface area contributed by atoms with Crippen LogP contribution >= 0.6 is 0 Å². The topological polar surface area (TPSA) is 3.01 Å². The first-order valence-corrected chi connectivity index (χ1v) is 2.30. The Morgan fingerprint density at radius 2 is 2.33 bits per heavy atom. The molecule has 0 aliphatic carbocycles. The van der Waals surface area contributed by atoms with Crippen LogP contribution in [0.4, 0.5) is 0 Å². The molecule has 0 saturated carbocycles. The van der Waals surface area contributed by atoms with Gasteiger partial charge in [0.15, 0.2) is 0 Å². The van der Waals surface area contributed by atoms with E-state index in [4.69, 9.17) is 0 Å². The van der Waals surface area contributed by atoms with Crippen molar-refractivity contribution in [2.45, 2.75) is 6.92 Å². The van der Waals surface area contributed by atoms with Gasteiger partial charge >= 0.3 is 37.8 Å². The van der Waals surface area contributed by atoms with Gasteiger partial charge in [0.1, 0.15) is 0 Å². The van der Waals surface area contributed by atoms with Gasteiger partial charge in [-0.3, -0.25) is 0 Å². The van der Waals surface area contributed by atoms with E-state index in [0.717, 1.165) is 0 Å². The Hall–Kier alpha value is -0.265. The van der Waals surface area contributed by atoms with Gasteiger partial charge in [-0.1, -0.05) is 0 Å². The number of hydrogen-bond donors (Lipinski definition) is 0. The van der Waals surface area contributed by atoms with Gasteiger partial charge in [0.2, 0.25) is 0 Å². The second-order valence-electron chi connectivity index (χ2n) is 1.52. The summed E-state index contributed by atoms with van der Waals surface area (Å²) in [5.74, 6) is 2.06. The summed E-state index contributed by atoms with van der Waals surface area (Å²) in [6, 6.07) is 0. The third-order valence-electron chi connectivity index (χ3n) is 0.842. The summed E-state index contributed by atoms with van der Waals surface area (Å²) in [5, 5.41) is 0. The van der Waals surface area contributed by atoms with Crippen LogP contribution in [0.5, 0.6) is 0 Å². The van der Waals surface area contributed by atoms with E-state index in [0.29, 0.717) is 0 Å². The van der Waals surface area contributed by atoms with E-state index in [1.807, 2.05) is 6.92 Å². The first-order chi connectivity index (χ1) is 2.93. The molecule has 0 amide bonds.